The Bertz CT molecular complexity index is 456. The van der Waals surface area contributed by atoms with Crippen molar-refractivity contribution in [1.29, 1.82) is 0 Å². The van der Waals surface area contributed by atoms with E-state index >= 15 is 0 Å². The fourth-order valence-electron chi connectivity index (χ4n) is 3.08. The van der Waals surface area contributed by atoms with Gasteiger partial charge in [0.15, 0.2) is 0 Å². The van der Waals surface area contributed by atoms with Crippen LogP contribution in [-0.4, -0.2) is 34.5 Å². The highest BCUT2D eigenvalue weighted by Crippen LogP contribution is 2.36. The Morgan fingerprint density at radius 1 is 1.26 bits per heavy atom. The Morgan fingerprint density at radius 3 is 2.58 bits per heavy atom. The maximum Gasteiger partial charge on any atom is 0.270 e. The third-order valence-corrected chi connectivity index (χ3v) is 4.55. The Morgan fingerprint density at radius 2 is 1.95 bits per heavy atom. The van der Waals surface area contributed by atoms with Crippen molar-refractivity contribution in [1.82, 2.24) is 9.47 Å². The van der Waals surface area contributed by atoms with E-state index in [1.54, 1.807) is 0 Å². The van der Waals surface area contributed by atoms with Gasteiger partial charge in [-0.25, -0.2) is 0 Å². The van der Waals surface area contributed by atoms with Gasteiger partial charge in [-0.1, -0.05) is 0 Å². The minimum absolute atomic E-state index is 0.164. The van der Waals surface area contributed by atoms with Gasteiger partial charge in [0, 0.05) is 31.4 Å². The van der Waals surface area contributed by atoms with Crippen molar-refractivity contribution < 1.29 is 4.79 Å². The van der Waals surface area contributed by atoms with Crippen LogP contribution in [0.5, 0.6) is 0 Å². The topological polar surface area (TPSA) is 51.3 Å². The Hall–Kier alpha value is -1.29. The van der Waals surface area contributed by atoms with Gasteiger partial charge in [-0.15, -0.1) is 0 Å². The predicted octanol–water partition coefficient (Wildman–Crippen LogP) is 2.16. The molecule has 104 valence electrons. The average molecular weight is 261 g/mol. The lowest BCUT2D eigenvalue weighted by molar-refractivity contribution is 0.0679. The molecule has 4 nitrogen and oxygen atoms in total. The number of nitrogens with zero attached hydrogens (tertiary/aromatic N) is 2. The summed E-state index contributed by atoms with van der Waals surface area (Å²) in [6.07, 6.45) is 8.59. The normalized spacial score (nSPS) is 27.3. The molecule has 2 aliphatic carbocycles. The van der Waals surface area contributed by atoms with E-state index in [2.05, 4.69) is 4.57 Å². The van der Waals surface area contributed by atoms with E-state index in [0.29, 0.717) is 18.1 Å². The highest BCUT2D eigenvalue weighted by Gasteiger charge is 2.30. The molecule has 4 heteroatoms. The van der Waals surface area contributed by atoms with Crippen molar-refractivity contribution in [2.45, 2.75) is 56.7 Å². The fraction of sp³-hybridized carbons (Fsp3) is 0.667. The summed E-state index contributed by atoms with van der Waals surface area (Å²) in [5.41, 5.74) is 6.78. The van der Waals surface area contributed by atoms with E-state index in [9.17, 15) is 4.79 Å². The molecule has 0 atom stereocenters. The zero-order valence-corrected chi connectivity index (χ0v) is 11.6. The van der Waals surface area contributed by atoms with Crippen LogP contribution in [0, 0.1) is 0 Å². The van der Waals surface area contributed by atoms with Crippen molar-refractivity contribution in [3.05, 3.63) is 24.0 Å². The summed E-state index contributed by atoms with van der Waals surface area (Å²) in [6.45, 7) is 0. The van der Waals surface area contributed by atoms with E-state index in [-0.39, 0.29) is 5.91 Å². The highest BCUT2D eigenvalue weighted by molar-refractivity contribution is 5.93. The maximum absolute atomic E-state index is 12.6. The van der Waals surface area contributed by atoms with Crippen molar-refractivity contribution in [2.24, 2.45) is 5.73 Å². The average Bonchev–Trinajstić information content (AvgIpc) is 3.15. The van der Waals surface area contributed by atoms with Crippen LogP contribution < -0.4 is 5.73 Å². The minimum atomic E-state index is 0.164. The third kappa shape index (κ3) is 2.54. The molecule has 2 N–H and O–H groups in total. The second-order valence-corrected chi connectivity index (χ2v) is 6.02. The first kappa shape index (κ1) is 12.7. The van der Waals surface area contributed by atoms with E-state index in [1.807, 2.05) is 30.3 Å². The van der Waals surface area contributed by atoms with E-state index in [1.165, 1.54) is 12.8 Å². The molecule has 0 saturated heterocycles. The van der Waals surface area contributed by atoms with Crippen molar-refractivity contribution in [2.75, 3.05) is 7.05 Å². The number of hydrogen-bond acceptors (Lipinski definition) is 2. The van der Waals surface area contributed by atoms with Gasteiger partial charge in [0.05, 0.1) is 0 Å². The lowest BCUT2D eigenvalue weighted by Gasteiger charge is -2.33. The second-order valence-electron chi connectivity index (χ2n) is 6.02. The Balaban J connectivity index is 1.70. The highest BCUT2D eigenvalue weighted by atomic mass is 16.2. The molecule has 0 unspecified atom stereocenters. The van der Waals surface area contributed by atoms with Gasteiger partial charge in [-0.2, -0.15) is 0 Å². The van der Waals surface area contributed by atoms with Gasteiger partial charge < -0.3 is 15.2 Å². The molecule has 19 heavy (non-hydrogen) atoms. The molecule has 1 aromatic rings. The van der Waals surface area contributed by atoms with E-state index in [4.69, 9.17) is 5.73 Å². The van der Waals surface area contributed by atoms with Gasteiger partial charge in [0.25, 0.3) is 5.91 Å². The van der Waals surface area contributed by atoms with Gasteiger partial charge in [-0.3, -0.25) is 4.79 Å². The molecule has 1 amide bonds. The predicted molar refractivity (Wildman–Crippen MR) is 75.0 cm³/mol. The summed E-state index contributed by atoms with van der Waals surface area (Å²) < 4.78 is 2.15. The molecule has 2 fully saturated rings. The van der Waals surface area contributed by atoms with E-state index < -0.39 is 0 Å². The smallest absolute Gasteiger partial charge is 0.270 e. The molecule has 0 radical (unpaired) electrons. The monoisotopic (exact) mass is 261 g/mol. The number of carbonyl (C=O) groups excluding carboxylic acids is 1. The van der Waals surface area contributed by atoms with Crippen molar-refractivity contribution in [3.8, 4) is 0 Å². The number of aromatic nitrogens is 1. The van der Waals surface area contributed by atoms with Gasteiger partial charge in [0.1, 0.15) is 5.69 Å². The zero-order valence-electron chi connectivity index (χ0n) is 11.6. The van der Waals surface area contributed by atoms with Crippen molar-refractivity contribution >= 4 is 5.91 Å². The molecule has 2 saturated carbocycles. The lowest BCUT2D eigenvalue weighted by Crippen LogP contribution is -2.42. The Kier molecular flexibility index (Phi) is 3.35. The standard InChI is InChI=1S/C15H23N3O/c1-17(12-6-4-11(16)5-7-12)15(19)14-3-2-10-18(14)13-8-9-13/h2-3,10-13H,4-9,16H2,1H3. The molecular weight excluding hydrogens is 238 g/mol. The molecular formula is C15H23N3O. The first-order chi connectivity index (χ1) is 9.16. The maximum atomic E-state index is 12.6. The molecule has 1 heterocycles. The summed E-state index contributed by atoms with van der Waals surface area (Å²) in [6, 6.07) is 5.18. The molecule has 0 aromatic carbocycles. The molecule has 1 aromatic heterocycles. The number of rotatable bonds is 3. The largest absolute Gasteiger partial charge is 0.340 e. The first-order valence-corrected chi connectivity index (χ1v) is 7.36. The second kappa shape index (κ2) is 5.00. The van der Waals surface area contributed by atoms with Crippen LogP contribution in [-0.2, 0) is 0 Å². The Labute approximate surface area is 114 Å². The summed E-state index contributed by atoms with van der Waals surface area (Å²) in [7, 11) is 1.94. The number of carbonyl (C=O) groups is 1. The third-order valence-electron chi connectivity index (χ3n) is 4.55. The SMILES string of the molecule is CN(C(=O)c1cccn1C1CC1)C1CCC(N)CC1. The van der Waals surface area contributed by atoms with Crippen LogP contribution >= 0.6 is 0 Å². The fourth-order valence-corrected chi connectivity index (χ4v) is 3.08. The summed E-state index contributed by atoms with van der Waals surface area (Å²) in [5, 5.41) is 0. The van der Waals surface area contributed by atoms with Gasteiger partial charge >= 0.3 is 0 Å². The summed E-state index contributed by atoms with van der Waals surface area (Å²) in [4.78, 5) is 14.5. The lowest BCUT2D eigenvalue weighted by atomic mass is 9.91. The molecule has 0 spiro atoms. The van der Waals surface area contributed by atoms with Crippen LogP contribution in [0.2, 0.25) is 0 Å². The zero-order chi connectivity index (χ0) is 13.4. The van der Waals surface area contributed by atoms with E-state index in [0.717, 1.165) is 31.4 Å². The molecule has 2 aliphatic rings. The van der Waals surface area contributed by atoms with Gasteiger partial charge in [-0.05, 0) is 50.7 Å². The molecule has 3 rings (SSSR count). The molecule has 0 bridgehead atoms. The quantitative estimate of drug-likeness (QED) is 0.906. The number of amides is 1. The minimum Gasteiger partial charge on any atom is -0.340 e. The van der Waals surface area contributed by atoms with Crippen molar-refractivity contribution in [3.63, 3.8) is 0 Å². The summed E-state index contributed by atoms with van der Waals surface area (Å²) in [5.74, 6) is 0.164. The number of hydrogen-bond donors (Lipinski definition) is 1. The summed E-state index contributed by atoms with van der Waals surface area (Å²) >= 11 is 0. The van der Waals surface area contributed by atoms with Crippen LogP contribution in [0.4, 0.5) is 0 Å². The first-order valence-electron chi connectivity index (χ1n) is 7.36. The van der Waals surface area contributed by atoms with Crippen LogP contribution in [0.1, 0.15) is 55.1 Å². The van der Waals surface area contributed by atoms with Gasteiger partial charge in [0.2, 0.25) is 0 Å². The van der Waals surface area contributed by atoms with Crippen LogP contribution in [0.15, 0.2) is 18.3 Å². The molecule has 0 aliphatic heterocycles. The van der Waals surface area contributed by atoms with Crippen LogP contribution in [0.3, 0.4) is 0 Å². The number of nitrogens with two attached hydrogens (primary N) is 1. The van der Waals surface area contributed by atoms with Crippen LogP contribution in [0.25, 0.3) is 0 Å².